The SMILES string of the molecule is COC(=O)COc1[c-]c2c(cc1)CCCC2=Nc1cc(C)c(OC)c(C)c1.CS(=O)(=O)O.[CH3-].[Ir]. The van der Waals surface area contributed by atoms with Crippen LogP contribution in [-0.4, -0.2) is 51.7 Å². The van der Waals surface area contributed by atoms with Gasteiger partial charge in [0, 0.05) is 25.9 Å². The molecule has 0 bridgehead atoms. The number of aryl methyl sites for hydroxylation is 3. The molecule has 34 heavy (non-hydrogen) atoms. The molecule has 8 nitrogen and oxygen atoms in total. The smallest absolute Gasteiger partial charge is 0.343 e. The van der Waals surface area contributed by atoms with E-state index in [1.807, 2.05) is 38.1 Å². The van der Waals surface area contributed by atoms with Gasteiger partial charge in [0.15, 0.2) is 6.61 Å². The molecule has 0 aliphatic heterocycles. The summed E-state index contributed by atoms with van der Waals surface area (Å²) >= 11 is 0. The number of benzene rings is 2. The monoisotopic (exact) mass is 670 g/mol. The van der Waals surface area contributed by atoms with E-state index >= 15 is 0 Å². The van der Waals surface area contributed by atoms with Crippen molar-refractivity contribution in [3.05, 3.63) is 60.0 Å². The van der Waals surface area contributed by atoms with Crippen molar-refractivity contribution >= 4 is 27.5 Å². The van der Waals surface area contributed by atoms with E-state index in [9.17, 15) is 13.2 Å². The Morgan fingerprint density at radius 3 is 2.26 bits per heavy atom. The van der Waals surface area contributed by atoms with Crippen molar-refractivity contribution in [3.63, 3.8) is 0 Å². The number of hydrogen-bond acceptors (Lipinski definition) is 7. The van der Waals surface area contributed by atoms with E-state index in [0.717, 1.165) is 53.1 Å². The largest absolute Gasteiger partial charge is 0.501 e. The number of nitrogens with zero attached hydrogens (tertiary/aromatic N) is 1. The third-order valence-corrected chi connectivity index (χ3v) is 4.64. The molecule has 10 heteroatoms. The molecule has 0 fully saturated rings. The molecule has 1 radical (unpaired) electrons. The Bertz CT molecular complexity index is 1080. The van der Waals surface area contributed by atoms with Crippen molar-refractivity contribution < 1.29 is 52.1 Å². The fourth-order valence-electron chi connectivity index (χ4n) is 3.40. The predicted molar refractivity (Wildman–Crippen MR) is 128 cm³/mol. The molecule has 0 aromatic heterocycles. The normalized spacial score (nSPS) is 13.3. The van der Waals surface area contributed by atoms with Gasteiger partial charge >= 0.3 is 5.97 Å². The first-order chi connectivity index (χ1) is 15.0. The third-order valence-electron chi connectivity index (χ3n) is 4.64. The molecule has 2 aromatic carbocycles. The number of rotatable bonds is 5. The van der Waals surface area contributed by atoms with Gasteiger partial charge in [-0.2, -0.15) is 8.42 Å². The maximum atomic E-state index is 11.3. The molecule has 0 saturated heterocycles. The summed E-state index contributed by atoms with van der Waals surface area (Å²) in [4.78, 5) is 16.2. The fourth-order valence-corrected chi connectivity index (χ4v) is 3.40. The van der Waals surface area contributed by atoms with E-state index in [1.54, 1.807) is 7.11 Å². The summed E-state index contributed by atoms with van der Waals surface area (Å²) in [5, 5.41) is 0. The number of methoxy groups -OCH3 is 2. The second kappa shape index (κ2) is 14.2. The third kappa shape index (κ3) is 9.93. The molecule has 3 rings (SSSR count). The zero-order valence-corrected chi connectivity index (χ0v) is 23.4. The first-order valence-corrected chi connectivity index (χ1v) is 11.8. The van der Waals surface area contributed by atoms with Crippen LogP contribution >= 0.6 is 0 Å². The molecule has 1 aliphatic rings. The van der Waals surface area contributed by atoms with Gasteiger partial charge in [-0.3, -0.25) is 4.55 Å². The molecule has 1 aliphatic carbocycles. The molecule has 191 valence electrons. The van der Waals surface area contributed by atoms with Crippen molar-refractivity contribution in [2.24, 2.45) is 4.99 Å². The van der Waals surface area contributed by atoms with Crippen LogP contribution in [0.15, 0.2) is 29.3 Å². The average molecular weight is 670 g/mol. The standard InChI is InChI=1S/C22H24NO4.CH4O3S.CH3.Ir/c1-14-10-17(11-15(2)22(14)26-4)23-20-7-5-6-16-8-9-18(12-19(16)20)27-13-21(24)25-3;1-5(2,3)4;;/h8-11H,5-7,13H2,1-4H3;1H3,(H,2,3,4);1H3;/q-1;;-1;. The summed E-state index contributed by atoms with van der Waals surface area (Å²) in [6.07, 6.45) is 3.64. The van der Waals surface area contributed by atoms with Crippen LogP contribution in [0, 0.1) is 27.3 Å². The first kappa shape index (κ1) is 31.7. The van der Waals surface area contributed by atoms with E-state index in [-0.39, 0.29) is 34.1 Å². The van der Waals surface area contributed by atoms with Crippen molar-refractivity contribution in [1.82, 2.24) is 0 Å². The summed E-state index contributed by atoms with van der Waals surface area (Å²) in [7, 11) is -0.644. The number of hydrogen-bond donors (Lipinski definition) is 1. The van der Waals surface area contributed by atoms with Gasteiger partial charge in [-0.15, -0.1) is 23.3 Å². The van der Waals surface area contributed by atoms with E-state index in [1.165, 1.54) is 12.7 Å². The van der Waals surface area contributed by atoms with Gasteiger partial charge in [-0.05, 0) is 49.2 Å². The van der Waals surface area contributed by atoms with Gasteiger partial charge in [0.05, 0.1) is 26.2 Å². The van der Waals surface area contributed by atoms with Crippen LogP contribution in [0.1, 0.15) is 35.1 Å². The number of ether oxygens (including phenoxy) is 3. The average Bonchev–Trinajstić information content (AvgIpc) is 2.71. The fraction of sp³-hybridized carbons (Fsp3) is 0.375. The summed E-state index contributed by atoms with van der Waals surface area (Å²) in [5.41, 5.74) is 6.19. The molecule has 0 heterocycles. The minimum Gasteiger partial charge on any atom is -0.501 e. The Hall–Kier alpha value is -2.26. The second-order valence-corrected chi connectivity index (χ2v) is 8.81. The van der Waals surface area contributed by atoms with Crippen molar-refractivity contribution in [2.75, 3.05) is 27.1 Å². The molecule has 0 unspecified atom stereocenters. The number of aliphatic imine (C=N–C) groups is 1. The van der Waals surface area contributed by atoms with Crippen molar-refractivity contribution in [2.45, 2.75) is 33.1 Å². The second-order valence-electron chi connectivity index (χ2n) is 7.35. The van der Waals surface area contributed by atoms with Crippen LogP contribution in [0.3, 0.4) is 0 Å². The Balaban J connectivity index is 0.00000141. The Morgan fingerprint density at radius 1 is 1.15 bits per heavy atom. The summed E-state index contributed by atoms with van der Waals surface area (Å²) in [5.74, 6) is 1.00. The summed E-state index contributed by atoms with van der Waals surface area (Å²) in [6, 6.07) is 11.2. The van der Waals surface area contributed by atoms with E-state index in [0.29, 0.717) is 12.0 Å². The molecule has 0 saturated carbocycles. The minimum atomic E-state index is -3.67. The number of carbonyl (C=O) groups excluding carboxylic acids is 1. The maximum absolute atomic E-state index is 11.3. The van der Waals surface area contributed by atoms with Crippen LogP contribution in [0.4, 0.5) is 5.69 Å². The topological polar surface area (TPSA) is 111 Å². The van der Waals surface area contributed by atoms with Gasteiger partial charge in [-0.25, -0.2) is 4.79 Å². The van der Waals surface area contributed by atoms with Gasteiger partial charge < -0.3 is 26.6 Å². The molecule has 0 atom stereocenters. The zero-order valence-electron chi connectivity index (χ0n) is 20.2. The minimum absolute atomic E-state index is 0. The maximum Gasteiger partial charge on any atom is 0.343 e. The van der Waals surface area contributed by atoms with Gasteiger partial charge in [0.1, 0.15) is 5.75 Å². The van der Waals surface area contributed by atoms with E-state index < -0.39 is 16.1 Å². The molecule has 0 amide bonds. The molecule has 0 spiro atoms. The van der Waals surface area contributed by atoms with Crippen LogP contribution in [0.2, 0.25) is 0 Å². The number of carbonyl (C=O) groups is 1. The number of esters is 1. The van der Waals surface area contributed by atoms with Crippen molar-refractivity contribution in [3.8, 4) is 11.5 Å². The summed E-state index contributed by atoms with van der Waals surface area (Å²) < 4.78 is 41.4. The quantitative estimate of drug-likeness (QED) is 0.290. The first-order valence-electron chi connectivity index (χ1n) is 9.92. The van der Waals surface area contributed by atoms with Gasteiger partial charge in [0.2, 0.25) is 0 Å². The molecule has 2 aromatic rings. The van der Waals surface area contributed by atoms with E-state index in [4.69, 9.17) is 19.0 Å². The predicted octanol–water partition coefficient (Wildman–Crippen LogP) is 4.07. The van der Waals surface area contributed by atoms with Gasteiger partial charge in [-0.1, -0.05) is 18.9 Å². The summed E-state index contributed by atoms with van der Waals surface area (Å²) in [6.45, 7) is 3.92. The Kier molecular flexibility index (Phi) is 13.3. The molecular weight excluding hydrogens is 639 g/mol. The zero-order chi connectivity index (χ0) is 23.9. The Labute approximate surface area is 215 Å². The van der Waals surface area contributed by atoms with Crippen LogP contribution < -0.4 is 9.47 Å². The molecule has 1 N–H and O–H groups in total. The van der Waals surface area contributed by atoms with Crippen LogP contribution in [-0.2, 0) is 46.2 Å². The Morgan fingerprint density at radius 2 is 1.74 bits per heavy atom. The van der Waals surface area contributed by atoms with E-state index in [2.05, 4.69) is 10.8 Å². The van der Waals surface area contributed by atoms with Crippen molar-refractivity contribution in [1.29, 1.82) is 0 Å². The van der Waals surface area contributed by atoms with Gasteiger partial charge in [0.25, 0.3) is 10.1 Å². The molecular formula is C24H31IrNO7S-2. The van der Waals surface area contributed by atoms with Crippen LogP contribution in [0.25, 0.3) is 0 Å². The van der Waals surface area contributed by atoms with Crippen LogP contribution in [0.5, 0.6) is 11.5 Å². The number of fused-ring (bicyclic) bond motifs is 1.